The van der Waals surface area contributed by atoms with Crippen LogP contribution in [-0.2, 0) is 24.2 Å². The molecule has 1 atom stereocenters. The van der Waals surface area contributed by atoms with Gasteiger partial charge in [-0.05, 0) is 55.5 Å². The van der Waals surface area contributed by atoms with Crippen LogP contribution in [0.5, 0.6) is 0 Å². The van der Waals surface area contributed by atoms with E-state index in [4.69, 9.17) is 4.98 Å². The Bertz CT molecular complexity index is 832. The van der Waals surface area contributed by atoms with Gasteiger partial charge in [0.1, 0.15) is 5.01 Å². The van der Waals surface area contributed by atoms with Crippen molar-refractivity contribution in [3.05, 3.63) is 75.8 Å². The minimum atomic E-state index is -0.0845. The zero-order valence-electron chi connectivity index (χ0n) is 15.1. The van der Waals surface area contributed by atoms with Gasteiger partial charge in [0, 0.05) is 41.5 Å². The smallest absolute Gasteiger partial charge is 0.221 e. The topological polar surface area (TPSA) is 67.8 Å². The Morgan fingerprint density at radius 2 is 1.96 bits per heavy atom. The molecule has 0 radical (unpaired) electrons. The number of hydrogen-bond donors (Lipinski definition) is 1. The number of pyridine rings is 2. The minimum Gasteiger partial charge on any atom is -0.350 e. The van der Waals surface area contributed by atoms with Gasteiger partial charge in [-0.3, -0.25) is 14.8 Å². The molecule has 0 aliphatic heterocycles. The first kappa shape index (κ1) is 17.8. The molecular weight excluding hydrogens is 356 g/mol. The molecule has 0 bridgehead atoms. The number of hydrogen-bond acceptors (Lipinski definition) is 5. The van der Waals surface area contributed by atoms with Crippen molar-refractivity contribution in [3.8, 4) is 0 Å². The summed E-state index contributed by atoms with van der Waals surface area (Å²) in [6.07, 6.45) is 10.3. The summed E-state index contributed by atoms with van der Waals surface area (Å²) in [6.45, 7) is 0.502. The molecule has 4 rings (SSSR count). The first-order valence-corrected chi connectivity index (χ1v) is 10.2. The average Bonchev–Trinajstić information content (AvgIpc) is 3.15. The zero-order chi connectivity index (χ0) is 18.5. The van der Waals surface area contributed by atoms with Crippen molar-refractivity contribution in [3.63, 3.8) is 0 Å². The van der Waals surface area contributed by atoms with Crippen LogP contribution in [0.1, 0.15) is 52.0 Å². The zero-order valence-corrected chi connectivity index (χ0v) is 15.9. The lowest BCUT2D eigenvalue weighted by molar-refractivity contribution is -0.121. The van der Waals surface area contributed by atoms with Crippen molar-refractivity contribution in [1.29, 1.82) is 0 Å². The van der Waals surface area contributed by atoms with Crippen molar-refractivity contribution in [2.24, 2.45) is 0 Å². The second-order valence-corrected chi connectivity index (χ2v) is 7.92. The maximum Gasteiger partial charge on any atom is 0.221 e. The summed E-state index contributed by atoms with van der Waals surface area (Å²) in [6, 6.07) is 9.70. The van der Waals surface area contributed by atoms with E-state index in [0.29, 0.717) is 13.0 Å². The molecule has 0 fully saturated rings. The molecule has 1 amide bonds. The summed E-state index contributed by atoms with van der Waals surface area (Å²) in [5, 5.41) is 4.05. The first-order valence-electron chi connectivity index (χ1n) is 9.34. The van der Waals surface area contributed by atoms with Gasteiger partial charge in [-0.25, -0.2) is 4.98 Å². The highest BCUT2D eigenvalue weighted by Crippen LogP contribution is 2.28. The van der Waals surface area contributed by atoms with E-state index < -0.39 is 0 Å². The SMILES string of the molecule is O=C(C[C@H](c1ccncc1)c1ccccn1)NCc1nc2c(s1)CCCC2. The molecular formula is C21H22N4OS. The molecule has 1 aliphatic rings. The molecule has 5 nitrogen and oxygen atoms in total. The Balaban J connectivity index is 1.43. The number of amides is 1. The third-order valence-corrected chi connectivity index (χ3v) is 6.03. The van der Waals surface area contributed by atoms with E-state index in [-0.39, 0.29) is 11.8 Å². The molecule has 1 aliphatic carbocycles. The molecule has 6 heteroatoms. The fraction of sp³-hybridized carbons (Fsp3) is 0.333. The van der Waals surface area contributed by atoms with E-state index in [1.165, 1.54) is 23.4 Å². The largest absolute Gasteiger partial charge is 0.350 e. The van der Waals surface area contributed by atoms with Crippen LogP contribution in [0.3, 0.4) is 0 Å². The van der Waals surface area contributed by atoms with Gasteiger partial charge in [-0.1, -0.05) is 6.07 Å². The van der Waals surface area contributed by atoms with E-state index in [1.54, 1.807) is 29.9 Å². The van der Waals surface area contributed by atoms with Crippen molar-refractivity contribution in [1.82, 2.24) is 20.3 Å². The van der Waals surface area contributed by atoms with Gasteiger partial charge in [0.2, 0.25) is 5.91 Å². The van der Waals surface area contributed by atoms with Crippen molar-refractivity contribution in [2.75, 3.05) is 0 Å². The molecule has 3 heterocycles. The van der Waals surface area contributed by atoms with E-state index >= 15 is 0 Å². The van der Waals surface area contributed by atoms with Gasteiger partial charge in [0.15, 0.2) is 0 Å². The van der Waals surface area contributed by atoms with E-state index in [2.05, 4.69) is 15.3 Å². The van der Waals surface area contributed by atoms with Crippen LogP contribution in [0.25, 0.3) is 0 Å². The standard InChI is InChI=1S/C21H22N4OS/c26-20(24-14-21-25-18-6-1-2-7-19(18)27-21)13-16(15-8-11-22-12-9-15)17-5-3-4-10-23-17/h3-5,8-12,16H,1-2,6-7,13-14H2,(H,24,26)/t16-/m1/s1. The number of carbonyl (C=O) groups is 1. The number of rotatable bonds is 6. The second-order valence-electron chi connectivity index (χ2n) is 6.75. The summed E-state index contributed by atoms with van der Waals surface area (Å²) in [5.41, 5.74) is 3.17. The van der Waals surface area contributed by atoms with Crippen molar-refractivity contribution in [2.45, 2.75) is 44.6 Å². The molecule has 0 spiro atoms. The summed E-state index contributed by atoms with van der Waals surface area (Å²) in [5.74, 6) is -0.0747. The van der Waals surface area contributed by atoms with Gasteiger partial charge < -0.3 is 5.32 Å². The van der Waals surface area contributed by atoms with Crippen LogP contribution in [0.4, 0.5) is 0 Å². The van der Waals surface area contributed by atoms with E-state index in [9.17, 15) is 4.79 Å². The maximum atomic E-state index is 12.6. The van der Waals surface area contributed by atoms with Crippen molar-refractivity contribution >= 4 is 17.2 Å². The fourth-order valence-corrected chi connectivity index (χ4v) is 4.58. The number of nitrogens with one attached hydrogen (secondary N) is 1. The summed E-state index contributed by atoms with van der Waals surface area (Å²) in [4.78, 5) is 27.3. The molecule has 0 aromatic carbocycles. The van der Waals surface area contributed by atoms with Crippen molar-refractivity contribution < 1.29 is 4.79 Å². The number of fused-ring (bicyclic) bond motifs is 1. The van der Waals surface area contributed by atoms with Gasteiger partial charge in [-0.2, -0.15) is 0 Å². The number of aromatic nitrogens is 3. The van der Waals surface area contributed by atoms with Gasteiger partial charge in [0.05, 0.1) is 12.2 Å². The monoisotopic (exact) mass is 378 g/mol. The molecule has 3 aromatic heterocycles. The Morgan fingerprint density at radius 3 is 2.74 bits per heavy atom. The van der Waals surface area contributed by atoms with Crippen LogP contribution >= 0.6 is 11.3 Å². The predicted octanol–water partition coefficient (Wildman–Crippen LogP) is 3.65. The number of carbonyl (C=O) groups excluding carboxylic acids is 1. The predicted molar refractivity (Wildman–Crippen MR) is 106 cm³/mol. The highest BCUT2D eigenvalue weighted by atomic mass is 32.1. The molecule has 0 saturated carbocycles. The molecule has 138 valence electrons. The van der Waals surface area contributed by atoms with Crippen LogP contribution in [0, 0.1) is 0 Å². The lowest BCUT2D eigenvalue weighted by Crippen LogP contribution is -2.25. The highest BCUT2D eigenvalue weighted by molar-refractivity contribution is 7.11. The van der Waals surface area contributed by atoms with E-state index in [1.807, 2.05) is 30.3 Å². The Hall–Kier alpha value is -2.60. The quantitative estimate of drug-likeness (QED) is 0.711. The summed E-state index contributed by atoms with van der Waals surface area (Å²) >= 11 is 1.74. The van der Waals surface area contributed by atoms with Crippen LogP contribution in [0.15, 0.2) is 48.9 Å². The normalized spacial score (nSPS) is 14.4. The highest BCUT2D eigenvalue weighted by Gasteiger charge is 2.20. The third kappa shape index (κ3) is 4.39. The third-order valence-electron chi connectivity index (χ3n) is 4.87. The molecule has 3 aromatic rings. The Kier molecular flexibility index (Phi) is 5.53. The number of thiazole rings is 1. The van der Waals surface area contributed by atoms with Crippen LogP contribution in [-0.4, -0.2) is 20.9 Å². The number of aryl methyl sites for hydroxylation is 2. The fourth-order valence-electron chi connectivity index (χ4n) is 3.48. The van der Waals surface area contributed by atoms with Crippen LogP contribution in [0.2, 0.25) is 0 Å². The second kappa shape index (κ2) is 8.39. The summed E-state index contributed by atoms with van der Waals surface area (Å²) < 4.78 is 0. The number of nitrogens with zero attached hydrogens (tertiary/aromatic N) is 3. The first-order chi connectivity index (χ1) is 13.3. The van der Waals surface area contributed by atoms with Gasteiger partial charge in [0.25, 0.3) is 0 Å². The lowest BCUT2D eigenvalue weighted by atomic mass is 9.92. The van der Waals surface area contributed by atoms with E-state index in [0.717, 1.165) is 29.1 Å². The summed E-state index contributed by atoms with van der Waals surface area (Å²) in [7, 11) is 0. The van der Waals surface area contributed by atoms with Gasteiger partial charge >= 0.3 is 0 Å². The minimum absolute atomic E-state index is 0.00985. The molecule has 0 saturated heterocycles. The average molecular weight is 379 g/mol. The van der Waals surface area contributed by atoms with Gasteiger partial charge in [-0.15, -0.1) is 11.3 Å². The Morgan fingerprint density at radius 1 is 1.11 bits per heavy atom. The maximum absolute atomic E-state index is 12.6. The lowest BCUT2D eigenvalue weighted by Gasteiger charge is -2.16. The molecule has 1 N–H and O–H groups in total. The van der Waals surface area contributed by atoms with Crippen LogP contribution < -0.4 is 5.32 Å². The Labute approximate surface area is 162 Å². The molecule has 0 unspecified atom stereocenters. The molecule has 27 heavy (non-hydrogen) atoms.